The maximum Gasteiger partial charge on any atom is 0.322 e. The summed E-state index contributed by atoms with van der Waals surface area (Å²) in [5.41, 5.74) is 0.711. The predicted molar refractivity (Wildman–Crippen MR) is 94.5 cm³/mol. The maximum atomic E-state index is 12.4. The Morgan fingerprint density at radius 3 is 2.70 bits per heavy atom. The van der Waals surface area contributed by atoms with Crippen LogP contribution in [0.15, 0.2) is 63.4 Å². The highest BCUT2D eigenvalue weighted by molar-refractivity contribution is 5.93. The molecule has 0 bridgehead atoms. The molecule has 1 amide bonds. The Bertz CT molecular complexity index is 1100. The van der Waals surface area contributed by atoms with Gasteiger partial charge in [-0.05, 0) is 24.3 Å². The zero-order valence-corrected chi connectivity index (χ0v) is 13.9. The van der Waals surface area contributed by atoms with Gasteiger partial charge in [-0.25, -0.2) is 0 Å². The van der Waals surface area contributed by atoms with Crippen molar-refractivity contribution in [1.29, 1.82) is 0 Å². The van der Waals surface area contributed by atoms with Gasteiger partial charge in [-0.3, -0.25) is 10.1 Å². The van der Waals surface area contributed by atoms with E-state index >= 15 is 0 Å². The second-order valence-electron chi connectivity index (χ2n) is 5.91. The minimum Gasteiger partial charge on any atom is -0.485 e. The minimum absolute atomic E-state index is 0.0436. The first-order chi connectivity index (χ1) is 13.3. The summed E-state index contributed by atoms with van der Waals surface area (Å²) in [5.74, 6) is 1.27. The number of nitrogens with zero attached hydrogens (tertiary/aromatic N) is 2. The molecule has 0 unspecified atom stereocenters. The number of fused-ring (bicyclic) bond motifs is 2. The van der Waals surface area contributed by atoms with Crippen molar-refractivity contribution in [3.8, 4) is 23.1 Å². The molecule has 0 fully saturated rings. The first-order valence-corrected chi connectivity index (χ1v) is 8.28. The Kier molecular flexibility index (Phi) is 3.53. The Labute approximate surface area is 152 Å². The van der Waals surface area contributed by atoms with E-state index in [0.29, 0.717) is 22.8 Å². The lowest BCUT2D eigenvalue weighted by Gasteiger charge is -2.24. The fourth-order valence-electron chi connectivity index (χ4n) is 2.80. The van der Waals surface area contributed by atoms with Gasteiger partial charge in [-0.1, -0.05) is 35.4 Å². The van der Waals surface area contributed by atoms with Crippen molar-refractivity contribution >= 4 is 22.9 Å². The van der Waals surface area contributed by atoms with Gasteiger partial charge in [0.2, 0.25) is 6.10 Å². The molecule has 0 aliphatic carbocycles. The average molecular weight is 363 g/mol. The van der Waals surface area contributed by atoms with Crippen LogP contribution in [0.4, 0.5) is 6.01 Å². The van der Waals surface area contributed by atoms with Crippen LogP contribution in [0.2, 0.25) is 0 Å². The number of furan rings is 1. The van der Waals surface area contributed by atoms with Crippen LogP contribution in [0, 0.1) is 0 Å². The Morgan fingerprint density at radius 2 is 1.81 bits per heavy atom. The number of ether oxygens (including phenoxy) is 2. The Morgan fingerprint density at radius 1 is 1.00 bits per heavy atom. The van der Waals surface area contributed by atoms with Gasteiger partial charge < -0.3 is 18.3 Å². The number of hydrogen-bond donors (Lipinski definition) is 1. The molecule has 2 aromatic carbocycles. The van der Waals surface area contributed by atoms with Crippen molar-refractivity contribution in [3.05, 3.63) is 54.6 Å². The third-order valence-electron chi connectivity index (χ3n) is 4.09. The van der Waals surface area contributed by atoms with Crippen molar-refractivity contribution in [2.75, 3.05) is 11.9 Å². The molecule has 0 spiro atoms. The zero-order valence-electron chi connectivity index (χ0n) is 13.9. The van der Waals surface area contributed by atoms with Gasteiger partial charge in [0.25, 0.3) is 11.8 Å². The number of benzene rings is 2. The second-order valence-corrected chi connectivity index (χ2v) is 5.91. The molecule has 8 heteroatoms. The largest absolute Gasteiger partial charge is 0.485 e. The molecule has 0 saturated carbocycles. The van der Waals surface area contributed by atoms with Crippen molar-refractivity contribution < 1.29 is 23.1 Å². The fraction of sp³-hybridized carbons (Fsp3) is 0.105. The lowest BCUT2D eigenvalue weighted by molar-refractivity contribution is -0.125. The monoisotopic (exact) mass is 363 g/mol. The summed E-state index contributed by atoms with van der Waals surface area (Å²) in [6.45, 7) is 0.0907. The average Bonchev–Trinajstić information content (AvgIpc) is 3.34. The quantitative estimate of drug-likeness (QED) is 0.596. The SMILES string of the molecule is O=C(Nc1nnc(-c2cc3ccccc3o2)o1)[C@H]1COc2ccccc2O1. The summed E-state index contributed by atoms with van der Waals surface area (Å²) in [5, 5.41) is 11.2. The molecule has 3 heterocycles. The molecule has 0 saturated heterocycles. The first kappa shape index (κ1) is 15.4. The van der Waals surface area contributed by atoms with Crippen LogP contribution in [0.5, 0.6) is 11.5 Å². The van der Waals surface area contributed by atoms with Gasteiger partial charge in [-0.2, -0.15) is 0 Å². The van der Waals surface area contributed by atoms with Gasteiger partial charge in [-0.15, -0.1) is 5.10 Å². The van der Waals surface area contributed by atoms with E-state index in [9.17, 15) is 4.79 Å². The van der Waals surface area contributed by atoms with Crippen LogP contribution in [0.3, 0.4) is 0 Å². The smallest absolute Gasteiger partial charge is 0.322 e. The van der Waals surface area contributed by atoms with Crippen molar-refractivity contribution in [2.24, 2.45) is 0 Å². The number of rotatable bonds is 3. The van der Waals surface area contributed by atoms with Crippen molar-refractivity contribution in [1.82, 2.24) is 10.2 Å². The van der Waals surface area contributed by atoms with E-state index in [1.54, 1.807) is 24.3 Å². The molecular weight excluding hydrogens is 350 g/mol. The summed E-state index contributed by atoms with van der Waals surface area (Å²) in [4.78, 5) is 12.4. The molecular formula is C19H13N3O5. The topological polar surface area (TPSA) is 99.6 Å². The second kappa shape index (κ2) is 6.17. The molecule has 5 rings (SSSR count). The fourth-order valence-corrected chi connectivity index (χ4v) is 2.80. The molecule has 2 aromatic heterocycles. The predicted octanol–water partition coefficient (Wildman–Crippen LogP) is 3.26. The summed E-state index contributed by atoms with van der Waals surface area (Å²) < 4.78 is 22.3. The molecule has 1 aliphatic heterocycles. The van der Waals surface area contributed by atoms with Crippen LogP contribution in [-0.4, -0.2) is 28.8 Å². The van der Waals surface area contributed by atoms with Gasteiger partial charge in [0.15, 0.2) is 17.3 Å². The number of para-hydroxylation sites is 3. The Hall–Kier alpha value is -3.81. The number of nitrogens with one attached hydrogen (secondary N) is 1. The first-order valence-electron chi connectivity index (χ1n) is 8.28. The molecule has 1 aliphatic rings. The highest BCUT2D eigenvalue weighted by Crippen LogP contribution is 2.31. The summed E-state index contributed by atoms with van der Waals surface area (Å²) in [6, 6.07) is 16.4. The molecule has 4 aromatic rings. The van der Waals surface area contributed by atoms with Crippen molar-refractivity contribution in [2.45, 2.75) is 6.10 Å². The molecule has 8 nitrogen and oxygen atoms in total. The van der Waals surface area contributed by atoms with Gasteiger partial charge in [0.05, 0.1) is 0 Å². The Balaban J connectivity index is 1.31. The van der Waals surface area contributed by atoms with Crippen LogP contribution in [-0.2, 0) is 4.79 Å². The lowest BCUT2D eigenvalue weighted by atomic mass is 10.2. The van der Waals surface area contributed by atoms with E-state index in [2.05, 4.69) is 15.5 Å². The summed E-state index contributed by atoms with van der Waals surface area (Å²) in [7, 11) is 0. The number of anilines is 1. The van der Waals surface area contributed by atoms with E-state index < -0.39 is 12.0 Å². The normalized spacial score (nSPS) is 15.6. The van der Waals surface area contributed by atoms with E-state index in [1.165, 1.54) is 0 Å². The van der Waals surface area contributed by atoms with Gasteiger partial charge >= 0.3 is 6.01 Å². The van der Waals surface area contributed by atoms with Crippen molar-refractivity contribution in [3.63, 3.8) is 0 Å². The van der Waals surface area contributed by atoms with Gasteiger partial charge in [0.1, 0.15) is 12.2 Å². The van der Waals surface area contributed by atoms with Crippen LogP contribution < -0.4 is 14.8 Å². The van der Waals surface area contributed by atoms with E-state index in [-0.39, 0.29) is 18.5 Å². The number of amides is 1. The maximum absolute atomic E-state index is 12.4. The van der Waals surface area contributed by atoms with E-state index in [1.807, 2.05) is 30.3 Å². The molecule has 27 heavy (non-hydrogen) atoms. The van der Waals surface area contributed by atoms with Crippen LogP contribution >= 0.6 is 0 Å². The third kappa shape index (κ3) is 2.86. The third-order valence-corrected chi connectivity index (χ3v) is 4.09. The number of carbonyl (C=O) groups is 1. The minimum atomic E-state index is -0.818. The summed E-state index contributed by atoms with van der Waals surface area (Å²) >= 11 is 0. The molecule has 0 radical (unpaired) electrons. The van der Waals surface area contributed by atoms with E-state index in [0.717, 1.165) is 5.39 Å². The lowest BCUT2D eigenvalue weighted by Crippen LogP contribution is -2.40. The summed E-state index contributed by atoms with van der Waals surface area (Å²) in [6.07, 6.45) is -0.818. The van der Waals surface area contributed by atoms with Crippen LogP contribution in [0.1, 0.15) is 0 Å². The van der Waals surface area contributed by atoms with Gasteiger partial charge in [0, 0.05) is 5.39 Å². The van der Waals surface area contributed by atoms with E-state index in [4.69, 9.17) is 18.3 Å². The zero-order chi connectivity index (χ0) is 18.2. The standard InChI is InChI=1S/C19H13N3O5/c23-17(16-10-24-13-7-3-4-8-14(13)26-16)20-19-22-21-18(27-19)15-9-11-5-1-2-6-12(11)25-15/h1-9,16H,10H2,(H,20,22,23)/t16-/m1/s1. The molecule has 134 valence electrons. The molecule has 1 N–H and O–H groups in total. The number of aromatic nitrogens is 2. The highest BCUT2D eigenvalue weighted by Gasteiger charge is 2.28. The number of hydrogen-bond acceptors (Lipinski definition) is 7. The number of carbonyl (C=O) groups excluding carboxylic acids is 1. The van der Waals surface area contributed by atoms with Crippen LogP contribution in [0.25, 0.3) is 22.6 Å². The highest BCUT2D eigenvalue weighted by atomic mass is 16.6. The molecule has 1 atom stereocenters.